The number of nitrogens with zero attached hydrogens (tertiary/aromatic N) is 1. The van der Waals surface area contributed by atoms with Crippen LogP contribution in [0.15, 0.2) is 65.6 Å². The highest BCUT2D eigenvalue weighted by molar-refractivity contribution is 7.92. The molecule has 0 unspecified atom stereocenters. The highest BCUT2D eigenvalue weighted by atomic mass is 32.2. The predicted molar refractivity (Wildman–Crippen MR) is 127 cm³/mol. The van der Waals surface area contributed by atoms with Crippen LogP contribution in [0.2, 0.25) is 0 Å². The molecule has 3 aromatic carbocycles. The van der Waals surface area contributed by atoms with Crippen LogP contribution in [0.4, 0.5) is 10.8 Å². The van der Waals surface area contributed by atoms with Crippen LogP contribution >= 0.6 is 11.3 Å². The van der Waals surface area contributed by atoms with Crippen LogP contribution in [0.3, 0.4) is 0 Å². The molecule has 0 saturated heterocycles. The molecular weight excluding hydrogens is 446 g/mol. The highest BCUT2D eigenvalue weighted by Crippen LogP contribution is 2.29. The standard InChI is InChI=1S/C23H21N3O4S2/c1-14-5-4-6-19(15(14)2)26-32(28,29)18-10-7-16(8-11-18)22(27)25-23-24-20-12-9-17(30-3)13-21(20)31-23/h4-13,26H,1-3H3,(H,24,25,27). The maximum atomic E-state index is 12.8. The van der Waals surface area contributed by atoms with Crippen molar-refractivity contribution < 1.29 is 17.9 Å². The van der Waals surface area contributed by atoms with E-state index in [9.17, 15) is 13.2 Å². The number of hydrogen-bond acceptors (Lipinski definition) is 6. The van der Waals surface area contributed by atoms with Crippen LogP contribution in [0.5, 0.6) is 5.75 Å². The normalized spacial score (nSPS) is 11.3. The van der Waals surface area contributed by atoms with Crippen LogP contribution in [-0.2, 0) is 10.0 Å². The van der Waals surface area contributed by atoms with E-state index in [-0.39, 0.29) is 10.8 Å². The maximum absolute atomic E-state index is 12.8. The number of carbonyl (C=O) groups excluding carboxylic acids is 1. The van der Waals surface area contributed by atoms with Crippen molar-refractivity contribution in [2.75, 3.05) is 17.1 Å². The van der Waals surface area contributed by atoms with E-state index < -0.39 is 10.0 Å². The van der Waals surface area contributed by atoms with Crippen molar-refractivity contribution in [3.05, 3.63) is 77.4 Å². The topological polar surface area (TPSA) is 97.4 Å². The van der Waals surface area contributed by atoms with Crippen LogP contribution < -0.4 is 14.8 Å². The second-order valence-electron chi connectivity index (χ2n) is 7.18. The Hall–Kier alpha value is -3.43. The molecule has 0 aliphatic rings. The minimum absolute atomic E-state index is 0.0713. The molecule has 0 aliphatic carbocycles. The average molecular weight is 468 g/mol. The molecule has 32 heavy (non-hydrogen) atoms. The van der Waals surface area contributed by atoms with Gasteiger partial charge in [-0.05, 0) is 73.5 Å². The molecule has 0 spiro atoms. The number of methoxy groups -OCH3 is 1. The van der Waals surface area contributed by atoms with Crippen molar-refractivity contribution in [2.24, 2.45) is 0 Å². The third-order valence-electron chi connectivity index (χ3n) is 5.09. The monoisotopic (exact) mass is 467 g/mol. The Morgan fingerprint density at radius 3 is 2.50 bits per heavy atom. The predicted octanol–water partition coefficient (Wildman–Crippen LogP) is 4.97. The fraction of sp³-hybridized carbons (Fsp3) is 0.130. The van der Waals surface area contributed by atoms with Crippen molar-refractivity contribution in [3.63, 3.8) is 0 Å². The molecular formula is C23H21N3O4S2. The lowest BCUT2D eigenvalue weighted by atomic mass is 10.1. The lowest BCUT2D eigenvalue weighted by Crippen LogP contribution is -2.15. The molecule has 4 aromatic rings. The second-order valence-corrected chi connectivity index (χ2v) is 9.90. The quantitative estimate of drug-likeness (QED) is 0.417. The third kappa shape index (κ3) is 4.44. The number of aromatic nitrogens is 1. The molecule has 0 fully saturated rings. The Morgan fingerprint density at radius 1 is 1.03 bits per heavy atom. The Morgan fingerprint density at radius 2 is 1.78 bits per heavy atom. The fourth-order valence-electron chi connectivity index (χ4n) is 3.11. The molecule has 164 valence electrons. The summed E-state index contributed by atoms with van der Waals surface area (Å²) in [6.07, 6.45) is 0. The lowest BCUT2D eigenvalue weighted by Gasteiger charge is -2.12. The number of hydrogen-bond donors (Lipinski definition) is 2. The maximum Gasteiger partial charge on any atom is 0.261 e. The van der Waals surface area contributed by atoms with E-state index in [0.29, 0.717) is 22.1 Å². The van der Waals surface area contributed by atoms with Crippen molar-refractivity contribution >= 4 is 48.3 Å². The molecule has 7 nitrogen and oxygen atoms in total. The Kier molecular flexibility index (Phi) is 5.86. The fourth-order valence-corrected chi connectivity index (χ4v) is 5.12. The first-order valence-electron chi connectivity index (χ1n) is 9.72. The number of nitrogens with one attached hydrogen (secondary N) is 2. The minimum Gasteiger partial charge on any atom is -0.497 e. The number of sulfonamides is 1. The Labute approximate surface area is 190 Å². The van der Waals surface area contributed by atoms with E-state index in [1.807, 2.05) is 32.0 Å². The van der Waals surface area contributed by atoms with E-state index in [4.69, 9.17) is 4.74 Å². The van der Waals surface area contributed by atoms with Gasteiger partial charge in [-0.25, -0.2) is 13.4 Å². The van der Waals surface area contributed by atoms with Gasteiger partial charge in [0.1, 0.15) is 5.75 Å². The first-order chi connectivity index (χ1) is 15.3. The molecule has 1 amide bonds. The van der Waals surface area contributed by atoms with Gasteiger partial charge in [-0.3, -0.25) is 14.8 Å². The number of benzene rings is 3. The SMILES string of the molecule is COc1ccc2nc(NC(=O)c3ccc(S(=O)(=O)Nc4cccc(C)c4C)cc3)sc2c1. The number of anilines is 2. The van der Waals surface area contributed by atoms with Crippen LogP contribution in [0.25, 0.3) is 10.2 Å². The number of aryl methyl sites for hydroxylation is 1. The first kappa shape index (κ1) is 21.8. The van der Waals surface area contributed by atoms with Gasteiger partial charge in [0.25, 0.3) is 15.9 Å². The Balaban J connectivity index is 1.50. The first-order valence-corrected chi connectivity index (χ1v) is 12.0. The molecule has 0 radical (unpaired) electrons. The van der Waals surface area contributed by atoms with Gasteiger partial charge in [-0.2, -0.15) is 0 Å². The molecule has 0 aliphatic heterocycles. The Bertz CT molecular complexity index is 1410. The van der Waals surface area contributed by atoms with Crippen molar-refractivity contribution in [3.8, 4) is 5.75 Å². The molecule has 1 aromatic heterocycles. The molecule has 4 rings (SSSR count). The van der Waals surface area contributed by atoms with Crippen LogP contribution in [0.1, 0.15) is 21.5 Å². The number of thiazole rings is 1. The van der Waals surface area contributed by atoms with E-state index in [1.54, 1.807) is 25.3 Å². The van der Waals surface area contributed by atoms with Gasteiger partial charge in [0.2, 0.25) is 0 Å². The summed E-state index contributed by atoms with van der Waals surface area (Å²) in [7, 11) is -2.19. The molecule has 0 bridgehead atoms. The zero-order chi connectivity index (χ0) is 22.9. The molecule has 0 saturated carbocycles. The molecule has 0 atom stereocenters. The zero-order valence-electron chi connectivity index (χ0n) is 17.7. The molecule has 9 heteroatoms. The molecule has 2 N–H and O–H groups in total. The molecule has 1 heterocycles. The van der Waals surface area contributed by atoms with E-state index in [1.165, 1.54) is 35.6 Å². The summed E-state index contributed by atoms with van der Waals surface area (Å²) >= 11 is 1.33. The number of ether oxygens (including phenoxy) is 1. The summed E-state index contributed by atoms with van der Waals surface area (Å²) in [6, 6.07) is 16.7. The average Bonchev–Trinajstić information content (AvgIpc) is 3.18. The largest absolute Gasteiger partial charge is 0.497 e. The second kappa shape index (κ2) is 8.60. The van der Waals surface area contributed by atoms with Gasteiger partial charge in [0.15, 0.2) is 5.13 Å². The van der Waals surface area contributed by atoms with Crippen molar-refractivity contribution in [1.29, 1.82) is 0 Å². The van der Waals surface area contributed by atoms with Crippen molar-refractivity contribution in [1.82, 2.24) is 4.98 Å². The summed E-state index contributed by atoms with van der Waals surface area (Å²) < 4.78 is 34.2. The van der Waals surface area contributed by atoms with Crippen LogP contribution in [0, 0.1) is 13.8 Å². The van der Waals surface area contributed by atoms with Gasteiger partial charge in [0, 0.05) is 5.56 Å². The zero-order valence-corrected chi connectivity index (χ0v) is 19.3. The lowest BCUT2D eigenvalue weighted by molar-refractivity contribution is 0.102. The van der Waals surface area contributed by atoms with Crippen LogP contribution in [-0.4, -0.2) is 26.4 Å². The summed E-state index contributed by atoms with van der Waals surface area (Å²) in [4.78, 5) is 17.1. The van der Waals surface area contributed by atoms with Gasteiger partial charge >= 0.3 is 0 Å². The smallest absolute Gasteiger partial charge is 0.261 e. The summed E-state index contributed by atoms with van der Waals surface area (Å²) in [5, 5.41) is 3.21. The van der Waals surface area contributed by atoms with E-state index in [0.717, 1.165) is 21.3 Å². The summed E-state index contributed by atoms with van der Waals surface area (Å²) in [6.45, 7) is 3.78. The van der Waals surface area contributed by atoms with E-state index in [2.05, 4.69) is 15.0 Å². The van der Waals surface area contributed by atoms with Gasteiger partial charge in [-0.15, -0.1) is 0 Å². The summed E-state index contributed by atoms with van der Waals surface area (Å²) in [5.74, 6) is 0.341. The highest BCUT2D eigenvalue weighted by Gasteiger charge is 2.17. The van der Waals surface area contributed by atoms with Crippen molar-refractivity contribution in [2.45, 2.75) is 18.7 Å². The number of fused-ring (bicyclic) bond motifs is 1. The van der Waals surface area contributed by atoms with Gasteiger partial charge in [0.05, 0.1) is 27.9 Å². The van der Waals surface area contributed by atoms with Gasteiger partial charge < -0.3 is 4.74 Å². The number of carbonyl (C=O) groups is 1. The third-order valence-corrected chi connectivity index (χ3v) is 7.41. The summed E-state index contributed by atoms with van der Waals surface area (Å²) in [5.41, 5.74) is 3.46. The van der Waals surface area contributed by atoms with E-state index >= 15 is 0 Å². The minimum atomic E-state index is -3.78. The van der Waals surface area contributed by atoms with Gasteiger partial charge in [-0.1, -0.05) is 23.5 Å². The number of amides is 1. The number of rotatable bonds is 6.